The molecule has 2 heterocycles. The van der Waals surface area contributed by atoms with Crippen molar-refractivity contribution in [2.75, 3.05) is 0 Å². The summed E-state index contributed by atoms with van der Waals surface area (Å²) in [6.45, 7) is 4.50. The minimum Gasteiger partial charge on any atom is -0.451 e. The van der Waals surface area contributed by atoms with Crippen LogP contribution in [0.4, 0.5) is 0 Å². The Morgan fingerprint density at radius 3 is 2.75 bits per heavy atom. The zero-order chi connectivity index (χ0) is 14.1. The molecule has 1 N–H and O–H groups in total. The Hall–Kier alpha value is -2.07. The summed E-state index contributed by atoms with van der Waals surface area (Å²) in [5.74, 6) is 0.243. The van der Waals surface area contributed by atoms with Gasteiger partial charge in [-0.2, -0.15) is 0 Å². The molecule has 0 aliphatic heterocycles. The molecule has 0 aliphatic rings. The normalized spacial score (nSPS) is 10.9. The fraction of sp³-hybridized carbons (Fsp3) is 0.188. The molecule has 0 aliphatic carbocycles. The van der Waals surface area contributed by atoms with E-state index in [2.05, 4.69) is 11.4 Å². The van der Waals surface area contributed by atoms with Gasteiger partial charge in [0.1, 0.15) is 5.58 Å². The molecule has 3 aromatic rings. The summed E-state index contributed by atoms with van der Waals surface area (Å²) < 4.78 is 5.65. The van der Waals surface area contributed by atoms with Crippen LogP contribution in [0.25, 0.3) is 11.0 Å². The van der Waals surface area contributed by atoms with Crippen molar-refractivity contribution in [2.45, 2.75) is 20.4 Å². The molecule has 0 radical (unpaired) electrons. The van der Waals surface area contributed by atoms with Crippen LogP contribution in [0.5, 0.6) is 0 Å². The lowest BCUT2D eigenvalue weighted by atomic mass is 10.1. The minimum atomic E-state index is -0.161. The highest BCUT2D eigenvalue weighted by Gasteiger charge is 2.17. The lowest BCUT2D eigenvalue weighted by Crippen LogP contribution is -2.22. The van der Waals surface area contributed by atoms with Gasteiger partial charge in [-0.25, -0.2) is 0 Å². The number of aryl methyl sites for hydroxylation is 2. The Morgan fingerprint density at radius 1 is 1.25 bits per heavy atom. The van der Waals surface area contributed by atoms with Crippen LogP contribution in [-0.4, -0.2) is 5.91 Å². The summed E-state index contributed by atoms with van der Waals surface area (Å²) in [6, 6.07) is 9.75. The SMILES string of the molecule is Cc1ccsc1CNC(=O)c1oc2ccccc2c1C. The fourth-order valence-electron chi connectivity index (χ4n) is 2.22. The van der Waals surface area contributed by atoms with Gasteiger partial charge in [0, 0.05) is 15.8 Å². The number of thiophene rings is 1. The highest BCUT2D eigenvalue weighted by atomic mass is 32.1. The first-order chi connectivity index (χ1) is 9.66. The van der Waals surface area contributed by atoms with Crippen LogP contribution in [0, 0.1) is 13.8 Å². The van der Waals surface area contributed by atoms with Crippen molar-refractivity contribution in [3.05, 3.63) is 57.5 Å². The number of fused-ring (bicyclic) bond motifs is 1. The van der Waals surface area contributed by atoms with Crippen molar-refractivity contribution in [1.82, 2.24) is 5.32 Å². The average Bonchev–Trinajstić information content (AvgIpc) is 3.01. The number of hydrogen-bond acceptors (Lipinski definition) is 3. The first-order valence-corrected chi connectivity index (χ1v) is 7.34. The Balaban J connectivity index is 1.82. The maximum Gasteiger partial charge on any atom is 0.287 e. The second-order valence-corrected chi connectivity index (χ2v) is 5.76. The van der Waals surface area contributed by atoms with Gasteiger partial charge in [-0.05, 0) is 36.9 Å². The molecule has 3 rings (SSSR count). The second-order valence-electron chi connectivity index (χ2n) is 4.76. The van der Waals surface area contributed by atoms with Crippen LogP contribution in [0.3, 0.4) is 0 Å². The summed E-state index contributed by atoms with van der Waals surface area (Å²) in [7, 11) is 0. The lowest BCUT2D eigenvalue weighted by Gasteiger charge is -2.03. The minimum absolute atomic E-state index is 0.161. The number of rotatable bonds is 3. The van der Waals surface area contributed by atoms with E-state index in [-0.39, 0.29) is 5.91 Å². The van der Waals surface area contributed by atoms with Crippen molar-refractivity contribution in [3.8, 4) is 0 Å². The van der Waals surface area contributed by atoms with Crippen molar-refractivity contribution in [3.63, 3.8) is 0 Å². The first-order valence-electron chi connectivity index (χ1n) is 6.46. The topological polar surface area (TPSA) is 42.2 Å². The number of para-hydroxylation sites is 1. The third-order valence-corrected chi connectivity index (χ3v) is 4.45. The third kappa shape index (κ3) is 2.23. The smallest absolute Gasteiger partial charge is 0.287 e. The molecule has 4 heteroatoms. The standard InChI is InChI=1S/C16H15NO2S/c1-10-7-8-20-14(10)9-17-16(18)15-11(2)12-5-3-4-6-13(12)19-15/h3-8H,9H2,1-2H3,(H,17,18). The predicted octanol–water partition coefficient (Wildman–Crippen LogP) is 4.04. The molecule has 1 amide bonds. The summed E-state index contributed by atoms with van der Waals surface area (Å²) >= 11 is 1.65. The second kappa shape index (κ2) is 5.13. The molecule has 1 aromatic carbocycles. The van der Waals surface area contributed by atoms with Crippen LogP contribution in [0.1, 0.15) is 26.6 Å². The molecule has 0 bridgehead atoms. The van der Waals surface area contributed by atoms with Gasteiger partial charge < -0.3 is 9.73 Å². The number of benzene rings is 1. The quantitative estimate of drug-likeness (QED) is 0.789. The molecule has 0 spiro atoms. The van der Waals surface area contributed by atoms with Crippen LogP contribution in [0.15, 0.2) is 40.1 Å². The van der Waals surface area contributed by atoms with E-state index < -0.39 is 0 Å². The van der Waals surface area contributed by atoms with Crippen LogP contribution in [0.2, 0.25) is 0 Å². The van der Waals surface area contributed by atoms with E-state index in [9.17, 15) is 4.79 Å². The lowest BCUT2D eigenvalue weighted by molar-refractivity contribution is 0.0925. The summed E-state index contributed by atoms with van der Waals surface area (Å²) in [4.78, 5) is 13.4. The largest absolute Gasteiger partial charge is 0.451 e. The van der Waals surface area contributed by atoms with Crippen LogP contribution < -0.4 is 5.32 Å². The predicted molar refractivity (Wildman–Crippen MR) is 81.2 cm³/mol. The van der Waals surface area contributed by atoms with Gasteiger partial charge in [0.15, 0.2) is 5.76 Å². The van der Waals surface area contributed by atoms with Crippen LogP contribution in [-0.2, 0) is 6.54 Å². The third-order valence-electron chi connectivity index (χ3n) is 3.43. The zero-order valence-corrected chi connectivity index (χ0v) is 12.2. The molecule has 0 saturated carbocycles. The number of nitrogens with one attached hydrogen (secondary N) is 1. The molecular formula is C16H15NO2S. The van der Waals surface area contributed by atoms with Gasteiger partial charge in [-0.3, -0.25) is 4.79 Å². The Kier molecular flexibility index (Phi) is 3.32. The maximum atomic E-state index is 12.2. The summed E-state index contributed by atoms with van der Waals surface area (Å²) in [5.41, 5.74) is 2.85. The first kappa shape index (κ1) is 12.9. The van der Waals surface area contributed by atoms with Gasteiger partial charge in [-0.1, -0.05) is 18.2 Å². The van der Waals surface area contributed by atoms with Crippen molar-refractivity contribution < 1.29 is 9.21 Å². The van der Waals surface area contributed by atoms with Crippen molar-refractivity contribution in [1.29, 1.82) is 0 Å². The molecule has 0 atom stereocenters. The number of amides is 1. The summed E-state index contributed by atoms with van der Waals surface area (Å²) in [6.07, 6.45) is 0. The Labute approximate surface area is 121 Å². The fourth-order valence-corrected chi connectivity index (χ4v) is 3.06. The number of furan rings is 1. The van der Waals surface area contributed by atoms with Crippen molar-refractivity contribution in [2.24, 2.45) is 0 Å². The number of carbonyl (C=O) groups excluding carboxylic acids is 1. The molecule has 102 valence electrons. The van der Waals surface area contributed by atoms with Gasteiger partial charge in [0.05, 0.1) is 6.54 Å². The van der Waals surface area contributed by atoms with E-state index in [0.29, 0.717) is 12.3 Å². The highest BCUT2D eigenvalue weighted by Crippen LogP contribution is 2.25. The van der Waals surface area contributed by atoms with E-state index in [1.807, 2.05) is 43.5 Å². The van der Waals surface area contributed by atoms with Gasteiger partial charge in [0.2, 0.25) is 0 Å². The van der Waals surface area contributed by atoms with Crippen LogP contribution >= 0.6 is 11.3 Å². The Morgan fingerprint density at radius 2 is 2.05 bits per heavy atom. The zero-order valence-electron chi connectivity index (χ0n) is 11.4. The average molecular weight is 285 g/mol. The molecule has 0 fully saturated rings. The molecular weight excluding hydrogens is 270 g/mol. The number of carbonyl (C=O) groups is 1. The van der Waals surface area contributed by atoms with Crippen molar-refractivity contribution >= 4 is 28.2 Å². The molecule has 0 unspecified atom stereocenters. The van der Waals surface area contributed by atoms with Gasteiger partial charge in [-0.15, -0.1) is 11.3 Å². The molecule has 3 nitrogen and oxygen atoms in total. The molecule has 20 heavy (non-hydrogen) atoms. The maximum absolute atomic E-state index is 12.2. The number of hydrogen-bond donors (Lipinski definition) is 1. The molecule has 2 aromatic heterocycles. The van der Waals surface area contributed by atoms with E-state index >= 15 is 0 Å². The van der Waals surface area contributed by atoms with Gasteiger partial charge >= 0.3 is 0 Å². The highest BCUT2D eigenvalue weighted by molar-refractivity contribution is 7.10. The monoisotopic (exact) mass is 285 g/mol. The Bertz CT molecular complexity index is 770. The van der Waals surface area contributed by atoms with E-state index in [1.165, 1.54) is 10.4 Å². The van der Waals surface area contributed by atoms with Gasteiger partial charge in [0.25, 0.3) is 5.91 Å². The van der Waals surface area contributed by atoms with E-state index in [0.717, 1.165) is 16.5 Å². The van der Waals surface area contributed by atoms with E-state index in [1.54, 1.807) is 11.3 Å². The molecule has 0 saturated heterocycles. The van der Waals surface area contributed by atoms with E-state index in [4.69, 9.17) is 4.42 Å². The summed E-state index contributed by atoms with van der Waals surface area (Å²) in [5, 5.41) is 5.94.